The minimum absolute atomic E-state index is 0. The third-order valence-corrected chi connectivity index (χ3v) is 1.59. The van der Waals surface area contributed by atoms with Crippen LogP contribution in [0.2, 0.25) is 0 Å². The van der Waals surface area contributed by atoms with Crippen LogP contribution in [0.3, 0.4) is 0 Å². The van der Waals surface area contributed by atoms with Crippen LogP contribution in [0.5, 0.6) is 0 Å². The lowest BCUT2D eigenvalue weighted by Crippen LogP contribution is -3.00. The summed E-state index contributed by atoms with van der Waals surface area (Å²) in [5.41, 5.74) is 0. The van der Waals surface area contributed by atoms with Gasteiger partial charge in [0.15, 0.2) is 6.00 Å². The molecule has 0 atom stereocenters. The second-order valence-corrected chi connectivity index (χ2v) is 2.77. The molecule has 0 spiro atoms. The molecule has 0 aromatic carbocycles. The minimum Gasteiger partial charge on any atom is -1.00 e. The summed E-state index contributed by atoms with van der Waals surface area (Å²) in [6.07, 6.45) is 1.88. The normalized spacial score (nSPS) is 10.1. The van der Waals surface area contributed by atoms with Crippen LogP contribution >= 0.6 is 11.6 Å². The van der Waals surface area contributed by atoms with Gasteiger partial charge in [-0.25, -0.2) is 0 Å². The zero-order valence-corrected chi connectivity index (χ0v) is 7.41. The van der Waals surface area contributed by atoms with Crippen LogP contribution in [-0.2, 0) is 0 Å². The average molecular weight is 170 g/mol. The van der Waals surface area contributed by atoms with Gasteiger partial charge in [-0.05, 0) is 6.08 Å². The number of alkyl halides is 1. The molecule has 0 saturated carbocycles. The lowest BCUT2D eigenvalue weighted by atomic mass is 10.5. The van der Waals surface area contributed by atoms with Gasteiger partial charge in [0.2, 0.25) is 0 Å². The van der Waals surface area contributed by atoms with Crippen molar-refractivity contribution in [2.24, 2.45) is 0 Å². The average Bonchev–Trinajstić information content (AvgIpc) is 1.67. The Labute approximate surface area is 68.3 Å². The third-order valence-electron chi connectivity index (χ3n) is 0.947. The maximum atomic E-state index is 5.60. The molecule has 0 aromatic heterocycles. The fraction of sp³-hybridized carbons (Fsp3) is 0.667. The highest BCUT2D eigenvalue weighted by Crippen LogP contribution is 1.97. The number of hydrogen-bond acceptors (Lipinski definition) is 0. The van der Waals surface area contributed by atoms with Gasteiger partial charge in [0.05, 0.1) is 20.6 Å². The van der Waals surface area contributed by atoms with Gasteiger partial charge in [-0.3, -0.25) is 0 Å². The largest absolute Gasteiger partial charge is 1.00 e. The first kappa shape index (κ1) is 12.0. The number of hydrogen-bond donors (Lipinski definition) is 0. The van der Waals surface area contributed by atoms with Crippen LogP contribution in [0.25, 0.3) is 0 Å². The van der Waals surface area contributed by atoms with Crippen LogP contribution < -0.4 is 12.4 Å². The Morgan fingerprint density at radius 3 is 2.11 bits per heavy atom. The highest BCUT2D eigenvalue weighted by molar-refractivity contribution is 6.16. The topological polar surface area (TPSA) is 0 Å². The predicted octanol–water partition coefficient (Wildman–Crippen LogP) is -1.55. The first-order valence-electron chi connectivity index (χ1n) is 2.61. The molecule has 0 aliphatic heterocycles. The van der Waals surface area contributed by atoms with E-state index < -0.39 is 0 Å². The van der Waals surface area contributed by atoms with Gasteiger partial charge in [-0.1, -0.05) is 18.2 Å². The molecule has 0 aliphatic rings. The third kappa shape index (κ3) is 6.16. The standard InChI is InChI=1S/C6H13ClN.ClH/c1-4-5-8(2,3)6-7;/h4H,1,5-6H2,2-3H3;1H/q+1;/p-1. The van der Waals surface area contributed by atoms with E-state index in [1.807, 2.05) is 6.08 Å². The van der Waals surface area contributed by atoms with E-state index in [0.29, 0.717) is 6.00 Å². The van der Waals surface area contributed by atoms with Gasteiger partial charge < -0.3 is 16.9 Å². The minimum atomic E-state index is 0. The molecular weight excluding hydrogens is 157 g/mol. The predicted molar refractivity (Wildman–Crippen MR) is 37.9 cm³/mol. The summed E-state index contributed by atoms with van der Waals surface area (Å²) in [5, 5.41) is 0. The first-order chi connectivity index (χ1) is 3.62. The number of halogens is 2. The lowest BCUT2D eigenvalue weighted by Gasteiger charge is -2.24. The van der Waals surface area contributed by atoms with Gasteiger partial charge in [0.1, 0.15) is 0 Å². The van der Waals surface area contributed by atoms with Crippen LogP contribution in [0.15, 0.2) is 12.7 Å². The second kappa shape index (κ2) is 5.10. The van der Waals surface area contributed by atoms with Crippen molar-refractivity contribution in [3.05, 3.63) is 12.7 Å². The van der Waals surface area contributed by atoms with Gasteiger partial charge in [0.25, 0.3) is 0 Å². The molecule has 0 N–H and O–H groups in total. The van der Waals surface area contributed by atoms with Gasteiger partial charge >= 0.3 is 0 Å². The van der Waals surface area contributed by atoms with Crippen LogP contribution in [0.4, 0.5) is 0 Å². The number of rotatable bonds is 3. The van der Waals surface area contributed by atoms with Gasteiger partial charge in [0, 0.05) is 0 Å². The fourth-order valence-corrected chi connectivity index (χ4v) is 0.496. The van der Waals surface area contributed by atoms with E-state index in [0.717, 1.165) is 11.0 Å². The Hall–Kier alpha value is 0.280. The lowest BCUT2D eigenvalue weighted by molar-refractivity contribution is -0.873. The van der Waals surface area contributed by atoms with Crippen LogP contribution in [0.1, 0.15) is 0 Å². The van der Waals surface area contributed by atoms with Gasteiger partial charge in [-0.2, -0.15) is 0 Å². The Kier molecular flexibility index (Phi) is 6.80. The zero-order chi connectivity index (χ0) is 6.62. The second-order valence-electron chi connectivity index (χ2n) is 2.53. The number of nitrogens with zero attached hydrogens (tertiary/aromatic N) is 1. The Morgan fingerprint density at radius 1 is 1.56 bits per heavy atom. The number of likely N-dealkylation sites (N-methyl/N-ethyl adjacent to an activating group) is 1. The molecular formula is C6H13Cl2N. The van der Waals surface area contributed by atoms with Crippen molar-refractivity contribution in [1.29, 1.82) is 0 Å². The summed E-state index contributed by atoms with van der Waals surface area (Å²) >= 11 is 5.60. The molecule has 0 rings (SSSR count). The molecule has 1 nitrogen and oxygen atoms in total. The molecule has 0 radical (unpaired) electrons. The molecule has 0 aromatic rings. The summed E-state index contributed by atoms with van der Waals surface area (Å²) in [4.78, 5) is 0. The fourth-order valence-electron chi connectivity index (χ4n) is 0.398. The summed E-state index contributed by atoms with van der Waals surface area (Å²) in [6.45, 7) is 4.55. The SMILES string of the molecule is C=CC[N+](C)(C)CCl.[Cl-]. The molecule has 9 heavy (non-hydrogen) atoms. The highest BCUT2D eigenvalue weighted by Gasteiger charge is 2.07. The summed E-state index contributed by atoms with van der Waals surface area (Å²) < 4.78 is 0.811. The molecule has 0 heterocycles. The van der Waals surface area contributed by atoms with E-state index in [4.69, 9.17) is 11.6 Å². The number of quaternary nitrogens is 1. The Morgan fingerprint density at radius 2 is 2.00 bits per heavy atom. The first-order valence-corrected chi connectivity index (χ1v) is 3.15. The Balaban J connectivity index is 0. The smallest absolute Gasteiger partial charge is 0.154 e. The van der Waals surface area contributed by atoms with Crippen molar-refractivity contribution in [2.75, 3.05) is 26.6 Å². The van der Waals surface area contributed by atoms with E-state index in [2.05, 4.69) is 20.7 Å². The molecule has 0 amide bonds. The van der Waals surface area contributed by atoms with E-state index in [1.54, 1.807) is 0 Å². The molecule has 56 valence electrons. The molecule has 3 heteroatoms. The van der Waals surface area contributed by atoms with Crippen LogP contribution in [0, 0.1) is 0 Å². The zero-order valence-electron chi connectivity index (χ0n) is 5.90. The van der Waals surface area contributed by atoms with Gasteiger partial charge in [-0.15, -0.1) is 0 Å². The van der Waals surface area contributed by atoms with E-state index in [1.165, 1.54) is 0 Å². The summed E-state index contributed by atoms with van der Waals surface area (Å²) in [7, 11) is 4.13. The van der Waals surface area contributed by atoms with Crippen LogP contribution in [-0.4, -0.2) is 31.1 Å². The van der Waals surface area contributed by atoms with E-state index >= 15 is 0 Å². The van der Waals surface area contributed by atoms with Crippen molar-refractivity contribution in [2.45, 2.75) is 0 Å². The van der Waals surface area contributed by atoms with Crippen molar-refractivity contribution < 1.29 is 16.9 Å². The summed E-state index contributed by atoms with van der Waals surface area (Å²) in [6, 6.07) is 0.645. The maximum Gasteiger partial charge on any atom is 0.154 e. The molecule has 0 saturated heterocycles. The molecule has 0 fully saturated rings. The Bertz CT molecular complexity index is 81.1. The molecule has 0 unspecified atom stereocenters. The quantitative estimate of drug-likeness (QED) is 0.208. The summed E-state index contributed by atoms with van der Waals surface area (Å²) in [5.74, 6) is 0. The maximum absolute atomic E-state index is 5.60. The van der Waals surface area contributed by atoms with E-state index in [-0.39, 0.29) is 12.4 Å². The highest BCUT2D eigenvalue weighted by atomic mass is 35.5. The monoisotopic (exact) mass is 169 g/mol. The van der Waals surface area contributed by atoms with Crippen molar-refractivity contribution in [3.8, 4) is 0 Å². The van der Waals surface area contributed by atoms with E-state index in [9.17, 15) is 0 Å². The van der Waals surface area contributed by atoms with Crippen molar-refractivity contribution in [3.63, 3.8) is 0 Å². The van der Waals surface area contributed by atoms with Crippen molar-refractivity contribution >= 4 is 11.6 Å². The molecule has 0 bridgehead atoms. The molecule has 0 aliphatic carbocycles. The van der Waals surface area contributed by atoms with Crippen molar-refractivity contribution in [1.82, 2.24) is 0 Å².